The number of carbonyl (C=O) groups is 4. The van der Waals surface area contributed by atoms with Crippen molar-refractivity contribution in [2.75, 3.05) is 19.6 Å². The van der Waals surface area contributed by atoms with Crippen molar-refractivity contribution in [3.63, 3.8) is 0 Å². The molecule has 128 valence electrons. The van der Waals surface area contributed by atoms with E-state index in [0.717, 1.165) is 42.1 Å². The van der Waals surface area contributed by atoms with Gasteiger partial charge in [-0.15, -0.1) is 0 Å². The first-order chi connectivity index (χ1) is 11.0. The van der Waals surface area contributed by atoms with Crippen LogP contribution in [0.4, 0.5) is 0 Å². The van der Waals surface area contributed by atoms with Crippen LogP contribution in [0.15, 0.2) is 0 Å². The summed E-state index contributed by atoms with van der Waals surface area (Å²) < 4.78 is 0. The Balaban J connectivity index is 2.10. The van der Waals surface area contributed by atoms with E-state index in [-0.39, 0.29) is 38.0 Å². The molecule has 0 aromatic rings. The molecule has 0 aromatic heterocycles. The van der Waals surface area contributed by atoms with Gasteiger partial charge in [0, 0.05) is 25.9 Å². The van der Waals surface area contributed by atoms with Crippen molar-refractivity contribution in [3.05, 3.63) is 0 Å². The van der Waals surface area contributed by atoms with Crippen molar-refractivity contribution >= 4 is 23.6 Å². The van der Waals surface area contributed by atoms with Gasteiger partial charge < -0.3 is 10.6 Å². The predicted octanol–water partition coefficient (Wildman–Crippen LogP) is -0.371. The molecule has 2 rings (SSSR count). The molecule has 2 N–H and O–H groups in total. The number of piperazine rings is 1. The van der Waals surface area contributed by atoms with E-state index < -0.39 is 17.7 Å². The van der Waals surface area contributed by atoms with E-state index in [2.05, 4.69) is 0 Å². The van der Waals surface area contributed by atoms with Crippen LogP contribution in [0, 0.1) is 0 Å². The summed E-state index contributed by atoms with van der Waals surface area (Å²) >= 11 is 0. The van der Waals surface area contributed by atoms with Crippen LogP contribution >= 0.6 is 0 Å². The molecule has 0 unspecified atom stereocenters. The number of rotatable bonds is 4. The molecule has 1 saturated carbocycles. The summed E-state index contributed by atoms with van der Waals surface area (Å²) in [6.45, 7) is 0.918. The highest BCUT2D eigenvalue weighted by molar-refractivity contribution is 6.00. The molecule has 0 atom stereocenters. The Kier molecular flexibility index (Phi) is 5.70. The number of hydrazine groups is 1. The first kappa shape index (κ1) is 17.4. The van der Waals surface area contributed by atoms with Gasteiger partial charge in [0.05, 0.1) is 0 Å². The van der Waals surface area contributed by atoms with E-state index in [1.807, 2.05) is 0 Å². The Hall–Kier alpha value is -1.96. The lowest BCUT2D eigenvalue weighted by atomic mass is 9.93. The van der Waals surface area contributed by atoms with Gasteiger partial charge in [0.25, 0.3) is 5.91 Å². The third-order valence-electron chi connectivity index (χ3n) is 4.35. The number of hydrogen-bond acceptors (Lipinski definition) is 5. The lowest BCUT2D eigenvalue weighted by molar-refractivity contribution is -0.180. The zero-order valence-corrected chi connectivity index (χ0v) is 13.5. The summed E-state index contributed by atoms with van der Waals surface area (Å²) in [6.07, 6.45) is 5.03. The van der Waals surface area contributed by atoms with Crippen LogP contribution in [-0.4, -0.2) is 64.2 Å². The molecule has 8 nitrogen and oxygen atoms in total. The number of imide groups is 1. The van der Waals surface area contributed by atoms with Crippen LogP contribution in [0.1, 0.15) is 45.4 Å². The Labute approximate surface area is 135 Å². The maximum atomic E-state index is 12.4. The third-order valence-corrected chi connectivity index (χ3v) is 4.35. The number of nitrogens with two attached hydrogens (primary N) is 1. The minimum Gasteiger partial charge on any atom is -0.330 e. The highest BCUT2D eigenvalue weighted by Crippen LogP contribution is 2.24. The van der Waals surface area contributed by atoms with Gasteiger partial charge in [-0.25, -0.2) is 5.01 Å². The van der Waals surface area contributed by atoms with Gasteiger partial charge in [0.2, 0.25) is 17.7 Å². The fourth-order valence-electron chi connectivity index (χ4n) is 3.24. The second-order valence-corrected chi connectivity index (χ2v) is 6.03. The van der Waals surface area contributed by atoms with Gasteiger partial charge >= 0.3 is 0 Å². The second-order valence-electron chi connectivity index (χ2n) is 6.03. The van der Waals surface area contributed by atoms with Crippen molar-refractivity contribution in [1.82, 2.24) is 14.9 Å². The first-order valence-corrected chi connectivity index (χ1v) is 8.09. The van der Waals surface area contributed by atoms with Crippen LogP contribution in [0.5, 0.6) is 0 Å². The Bertz CT molecular complexity index is 502. The molecule has 8 heteroatoms. The summed E-state index contributed by atoms with van der Waals surface area (Å²) in [7, 11) is 0. The fraction of sp³-hybridized carbons (Fsp3) is 0.733. The average molecular weight is 324 g/mol. The minimum atomic E-state index is -0.587. The molecule has 2 aliphatic rings. The third kappa shape index (κ3) is 3.87. The normalized spacial score (nSPS) is 19.9. The molecular formula is C15H24N4O4. The van der Waals surface area contributed by atoms with E-state index in [1.54, 1.807) is 4.90 Å². The first-order valence-electron chi connectivity index (χ1n) is 8.09. The van der Waals surface area contributed by atoms with Crippen LogP contribution in [0.2, 0.25) is 0 Å². The quantitative estimate of drug-likeness (QED) is 0.760. The zero-order chi connectivity index (χ0) is 17.0. The number of nitrogens with zero attached hydrogens (tertiary/aromatic N) is 3. The van der Waals surface area contributed by atoms with Crippen molar-refractivity contribution in [2.45, 2.75) is 51.5 Å². The Morgan fingerprint density at radius 1 is 1.13 bits per heavy atom. The smallest absolute Gasteiger partial charge is 0.261 e. The minimum absolute atomic E-state index is 0.0517. The van der Waals surface area contributed by atoms with Gasteiger partial charge in [-0.05, 0) is 12.8 Å². The average Bonchev–Trinajstić information content (AvgIpc) is 2.51. The second kappa shape index (κ2) is 7.54. The highest BCUT2D eigenvalue weighted by Gasteiger charge is 2.39. The molecule has 1 aliphatic carbocycles. The van der Waals surface area contributed by atoms with Crippen molar-refractivity contribution in [2.24, 2.45) is 5.73 Å². The molecule has 1 aliphatic heterocycles. The standard InChI is InChI=1S/C15H24N4O4/c1-11(20)19(13(21)7-8-16)18-10-14(22)17(9-15(18)23)12-5-3-2-4-6-12/h12H,2-10,16H2,1H3. The van der Waals surface area contributed by atoms with E-state index in [1.165, 1.54) is 6.92 Å². The topological polar surface area (TPSA) is 104 Å². The molecule has 0 bridgehead atoms. The number of carbonyl (C=O) groups excluding carboxylic acids is 4. The SMILES string of the molecule is CC(=O)N(C(=O)CCN)N1CC(=O)N(C2CCCCC2)CC1=O. The van der Waals surface area contributed by atoms with Gasteiger partial charge in [-0.2, -0.15) is 5.01 Å². The maximum Gasteiger partial charge on any atom is 0.261 e. The van der Waals surface area contributed by atoms with E-state index in [9.17, 15) is 19.2 Å². The number of hydrogen-bond donors (Lipinski definition) is 1. The summed E-state index contributed by atoms with van der Waals surface area (Å²) in [5, 5.41) is 1.72. The highest BCUT2D eigenvalue weighted by atomic mass is 16.2. The molecule has 23 heavy (non-hydrogen) atoms. The van der Waals surface area contributed by atoms with Crippen molar-refractivity contribution in [1.29, 1.82) is 0 Å². The van der Waals surface area contributed by atoms with Gasteiger partial charge in [0.15, 0.2) is 0 Å². The van der Waals surface area contributed by atoms with Crippen LogP contribution in [0.25, 0.3) is 0 Å². The zero-order valence-electron chi connectivity index (χ0n) is 13.5. The number of amides is 4. The molecule has 2 fully saturated rings. The molecule has 0 radical (unpaired) electrons. The maximum absolute atomic E-state index is 12.4. The molecule has 0 spiro atoms. The summed E-state index contributed by atoms with van der Waals surface area (Å²) in [5.41, 5.74) is 5.34. The predicted molar refractivity (Wildman–Crippen MR) is 81.5 cm³/mol. The Morgan fingerprint density at radius 2 is 1.78 bits per heavy atom. The molecule has 1 heterocycles. The summed E-state index contributed by atoms with van der Waals surface area (Å²) in [5.74, 6) is -1.78. The summed E-state index contributed by atoms with van der Waals surface area (Å²) in [4.78, 5) is 50.2. The summed E-state index contributed by atoms with van der Waals surface area (Å²) in [6, 6.07) is 0.0906. The molecule has 0 aromatic carbocycles. The van der Waals surface area contributed by atoms with Gasteiger partial charge in [0.1, 0.15) is 13.1 Å². The molecular weight excluding hydrogens is 300 g/mol. The van der Waals surface area contributed by atoms with E-state index in [4.69, 9.17) is 5.73 Å². The largest absolute Gasteiger partial charge is 0.330 e. The lowest BCUT2D eigenvalue weighted by Crippen LogP contribution is -2.63. The van der Waals surface area contributed by atoms with E-state index in [0.29, 0.717) is 0 Å². The van der Waals surface area contributed by atoms with Gasteiger partial charge in [-0.1, -0.05) is 19.3 Å². The Morgan fingerprint density at radius 3 is 2.35 bits per heavy atom. The van der Waals surface area contributed by atoms with Crippen molar-refractivity contribution in [3.8, 4) is 0 Å². The fourth-order valence-corrected chi connectivity index (χ4v) is 3.24. The monoisotopic (exact) mass is 324 g/mol. The lowest BCUT2D eigenvalue weighted by Gasteiger charge is -2.42. The van der Waals surface area contributed by atoms with Crippen LogP contribution < -0.4 is 5.73 Å². The van der Waals surface area contributed by atoms with Crippen LogP contribution in [0.3, 0.4) is 0 Å². The van der Waals surface area contributed by atoms with Crippen molar-refractivity contribution < 1.29 is 19.2 Å². The van der Waals surface area contributed by atoms with Gasteiger partial charge in [-0.3, -0.25) is 19.2 Å². The molecule has 4 amide bonds. The van der Waals surface area contributed by atoms with E-state index >= 15 is 0 Å². The van der Waals surface area contributed by atoms with Crippen LogP contribution in [-0.2, 0) is 19.2 Å². The molecule has 1 saturated heterocycles.